The van der Waals surface area contributed by atoms with E-state index < -0.39 is 13.4 Å². The van der Waals surface area contributed by atoms with Crippen LogP contribution in [0.2, 0.25) is 0 Å². The van der Waals surface area contributed by atoms with Crippen molar-refractivity contribution in [2.45, 2.75) is 122 Å². The topological polar surface area (TPSA) is 65.0 Å². The second-order valence-corrected chi connectivity index (χ2v) is 12.7. The molecule has 210 valence electrons. The number of hydrogen-bond acceptors (Lipinski definition) is 4. The highest BCUT2D eigenvalue weighted by Crippen LogP contribution is 2.51. The Labute approximate surface area is 217 Å². The molecule has 0 aromatic carbocycles. The molecule has 3 atom stereocenters. The average Bonchev–Trinajstić information content (AvgIpc) is 2.79. The molecule has 0 aliphatic carbocycles. The summed E-state index contributed by atoms with van der Waals surface area (Å²) >= 11 is 0. The third kappa shape index (κ3) is 19.5. The van der Waals surface area contributed by atoms with Crippen molar-refractivity contribution < 1.29 is 27.9 Å². The fraction of sp³-hybridized carbons (Fsp3) is 0.929. The number of methoxy groups -OCH3 is 1. The van der Waals surface area contributed by atoms with E-state index in [0.29, 0.717) is 24.1 Å². The van der Waals surface area contributed by atoms with Gasteiger partial charge in [0.15, 0.2) is 5.78 Å². The van der Waals surface area contributed by atoms with E-state index in [1.165, 1.54) is 83.5 Å². The van der Waals surface area contributed by atoms with Crippen LogP contribution in [-0.2, 0) is 18.6 Å². The number of allylic oxidation sites excluding steroid dienone is 2. The molecule has 0 aromatic heterocycles. The van der Waals surface area contributed by atoms with E-state index in [9.17, 15) is 9.46 Å². The molecule has 0 amide bonds. The van der Waals surface area contributed by atoms with Crippen molar-refractivity contribution in [3.63, 3.8) is 0 Å². The van der Waals surface area contributed by atoms with Crippen molar-refractivity contribution in [2.24, 2.45) is 0 Å². The van der Waals surface area contributed by atoms with Gasteiger partial charge >= 0.3 is 7.60 Å². The molecule has 0 heterocycles. The molecule has 2 unspecified atom stereocenters. The molecular weight excluding hydrogens is 461 g/mol. The van der Waals surface area contributed by atoms with Crippen LogP contribution in [0.3, 0.4) is 0 Å². The number of rotatable bonds is 25. The molecule has 0 radical (unpaired) electrons. The van der Waals surface area contributed by atoms with Crippen molar-refractivity contribution in [3.8, 4) is 0 Å². The lowest BCUT2D eigenvalue weighted by Gasteiger charge is -2.35. The van der Waals surface area contributed by atoms with Crippen molar-refractivity contribution in [3.05, 3.63) is 12.2 Å². The van der Waals surface area contributed by atoms with Gasteiger partial charge in [-0.05, 0) is 32.1 Å². The Morgan fingerprint density at radius 3 is 1.80 bits per heavy atom. The predicted octanol–water partition coefficient (Wildman–Crippen LogP) is 7.70. The summed E-state index contributed by atoms with van der Waals surface area (Å²) in [6.07, 6.45) is 23.0. The summed E-state index contributed by atoms with van der Waals surface area (Å²) in [6, 6.07) is 0. The van der Waals surface area contributed by atoms with Gasteiger partial charge in [-0.2, -0.15) is 0 Å². The van der Waals surface area contributed by atoms with Gasteiger partial charge in [-0.25, -0.2) is 0 Å². The van der Waals surface area contributed by atoms with E-state index in [-0.39, 0.29) is 12.7 Å². The first-order chi connectivity index (χ1) is 16.7. The van der Waals surface area contributed by atoms with E-state index in [4.69, 9.17) is 14.0 Å². The normalized spacial score (nSPS) is 16.0. The van der Waals surface area contributed by atoms with Gasteiger partial charge in [0, 0.05) is 20.1 Å². The molecule has 6 nitrogen and oxygen atoms in total. The minimum Gasteiger partial charge on any atom is -0.379 e. The smallest absolute Gasteiger partial charge is 0.379 e. The van der Waals surface area contributed by atoms with Crippen molar-refractivity contribution in [1.29, 1.82) is 0 Å². The number of nitrogens with zero attached hydrogens (tertiary/aromatic N) is 1. The third-order valence-corrected chi connectivity index (χ3v) is 8.85. The Hall–Kier alpha value is -0.230. The van der Waals surface area contributed by atoms with Crippen molar-refractivity contribution in [1.82, 2.24) is 0 Å². The van der Waals surface area contributed by atoms with Gasteiger partial charge < -0.3 is 23.4 Å². The van der Waals surface area contributed by atoms with E-state index in [0.717, 1.165) is 6.42 Å². The zero-order chi connectivity index (χ0) is 26.4. The van der Waals surface area contributed by atoms with E-state index in [1.54, 1.807) is 7.11 Å². The molecule has 1 N–H and O–H groups in total. The van der Waals surface area contributed by atoms with Gasteiger partial charge in [0.1, 0.15) is 6.10 Å². The fourth-order valence-corrected chi connectivity index (χ4v) is 6.23. The maximum Gasteiger partial charge on any atom is 0.385 e. The molecule has 0 aromatic rings. The van der Waals surface area contributed by atoms with Crippen molar-refractivity contribution >= 4 is 7.60 Å². The first-order valence-corrected chi connectivity index (χ1v) is 15.9. The van der Waals surface area contributed by atoms with Gasteiger partial charge in [-0.1, -0.05) is 83.8 Å². The maximum atomic E-state index is 12.7. The fourth-order valence-electron chi connectivity index (χ4n) is 4.34. The van der Waals surface area contributed by atoms with Gasteiger partial charge in [0.25, 0.3) is 0 Å². The second-order valence-electron chi connectivity index (χ2n) is 10.7. The highest BCUT2D eigenvalue weighted by atomic mass is 31.2. The lowest BCUT2D eigenvalue weighted by Crippen LogP contribution is -2.45. The first-order valence-electron chi connectivity index (χ1n) is 14.2. The molecule has 7 heteroatoms. The standard InChI is InChI=1S/C28H58NO5P/c1-7-9-10-11-12-13-14-15-16-17-18-19-20-21-22-23-24-33-25-27(32-6)26-34-35(30,31)28(8-2)29(3,4)5/h12-13,27-28H,7-11,14-26H2,1-6H3/p+1/b13-12-/t27-,28?/m1/s1. The van der Waals surface area contributed by atoms with E-state index in [1.807, 2.05) is 28.1 Å². The van der Waals surface area contributed by atoms with Gasteiger partial charge in [-0.15, -0.1) is 0 Å². The molecule has 0 spiro atoms. The SMILES string of the molecule is CCCCC/C=C\CCCCCCCCCCCOC[C@H](COP(=O)(O)C(CC)[N+](C)(C)C)OC. The van der Waals surface area contributed by atoms with Crippen LogP contribution in [0.15, 0.2) is 12.2 Å². The highest BCUT2D eigenvalue weighted by Gasteiger charge is 2.41. The predicted molar refractivity (Wildman–Crippen MR) is 149 cm³/mol. The zero-order valence-corrected chi connectivity index (χ0v) is 24.9. The Kier molecular flexibility index (Phi) is 21.7. The number of ether oxygens (including phenoxy) is 2. The molecule has 35 heavy (non-hydrogen) atoms. The number of quaternary nitrogens is 1. The van der Waals surface area contributed by atoms with Crippen LogP contribution in [-0.4, -0.2) is 69.3 Å². The van der Waals surface area contributed by atoms with Gasteiger partial charge in [-0.3, -0.25) is 4.57 Å². The number of hydrogen-bond donors (Lipinski definition) is 1. The summed E-state index contributed by atoms with van der Waals surface area (Å²) in [6.45, 7) is 5.30. The summed E-state index contributed by atoms with van der Waals surface area (Å²) < 4.78 is 29.6. The van der Waals surface area contributed by atoms with Crippen LogP contribution in [0, 0.1) is 0 Å². The van der Waals surface area contributed by atoms with Crippen LogP contribution < -0.4 is 0 Å². The Bertz CT molecular complexity index is 550. The lowest BCUT2D eigenvalue weighted by molar-refractivity contribution is -0.883. The summed E-state index contributed by atoms with van der Waals surface area (Å²) in [7, 11) is 3.58. The summed E-state index contributed by atoms with van der Waals surface area (Å²) in [5.41, 5.74) is 0. The van der Waals surface area contributed by atoms with Crippen molar-refractivity contribution in [2.75, 3.05) is 48.1 Å². The quantitative estimate of drug-likeness (QED) is 0.0578. The summed E-state index contributed by atoms with van der Waals surface area (Å²) in [5.74, 6) is -0.455. The molecule has 0 rings (SSSR count). The van der Waals surface area contributed by atoms with Crippen LogP contribution >= 0.6 is 7.60 Å². The monoisotopic (exact) mass is 520 g/mol. The van der Waals surface area contributed by atoms with Crippen LogP contribution in [0.4, 0.5) is 0 Å². The molecule has 0 bridgehead atoms. The van der Waals surface area contributed by atoms with Crippen LogP contribution in [0.25, 0.3) is 0 Å². The van der Waals surface area contributed by atoms with Crippen LogP contribution in [0.5, 0.6) is 0 Å². The summed E-state index contributed by atoms with van der Waals surface area (Å²) in [4.78, 5) is 10.4. The van der Waals surface area contributed by atoms with E-state index >= 15 is 0 Å². The largest absolute Gasteiger partial charge is 0.385 e. The van der Waals surface area contributed by atoms with E-state index in [2.05, 4.69) is 19.1 Å². The molecule has 0 aliphatic heterocycles. The molecule has 0 saturated heterocycles. The zero-order valence-electron chi connectivity index (χ0n) is 24.0. The highest BCUT2D eigenvalue weighted by molar-refractivity contribution is 7.53. The Morgan fingerprint density at radius 2 is 1.31 bits per heavy atom. The van der Waals surface area contributed by atoms with Gasteiger partial charge in [0.2, 0.25) is 0 Å². The lowest BCUT2D eigenvalue weighted by atomic mass is 10.1. The molecule has 0 saturated carbocycles. The Balaban J connectivity index is 3.66. The van der Waals surface area contributed by atoms with Gasteiger partial charge in [0.05, 0.1) is 34.4 Å². The number of unbranched alkanes of at least 4 members (excludes halogenated alkanes) is 12. The molecular formula is C28H59NO5P+. The van der Waals surface area contributed by atoms with Crippen LogP contribution in [0.1, 0.15) is 110 Å². The minimum atomic E-state index is -3.74. The Morgan fingerprint density at radius 1 is 0.800 bits per heavy atom. The molecule has 0 fully saturated rings. The minimum absolute atomic E-state index is 0.0655. The molecule has 0 aliphatic rings. The maximum absolute atomic E-state index is 12.7. The average molecular weight is 521 g/mol. The first kappa shape index (κ1) is 34.8. The third-order valence-electron chi connectivity index (χ3n) is 6.52. The second kappa shape index (κ2) is 21.8. The summed E-state index contributed by atoms with van der Waals surface area (Å²) in [5, 5.41) is 0.